The van der Waals surface area contributed by atoms with Crippen LogP contribution < -0.4 is 5.32 Å². The zero-order chi connectivity index (χ0) is 19.0. The molecule has 0 unspecified atom stereocenters. The van der Waals surface area contributed by atoms with Crippen LogP contribution in [0.3, 0.4) is 0 Å². The van der Waals surface area contributed by atoms with Crippen molar-refractivity contribution >= 4 is 12.0 Å². The number of carbonyl (C=O) groups is 2. The maximum atomic E-state index is 12.9. The number of nitrogens with one attached hydrogen (secondary N) is 1. The summed E-state index contributed by atoms with van der Waals surface area (Å²) >= 11 is 0. The third-order valence-electron chi connectivity index (χ3n) is 5.91. The fraction of sp³-hybridized carbons (Fsp3) is 0.737. The number of likely N-dealkylation sites (tertiary alicyclic amines) is 1. The molecule has 1 spiro atoms. The predicted octanol–water partition coefficient (Wildman–Crippen LogP) is 2.04. The van der Waals surface area contributed by atoms with Crippen molar-refractivity contribution in [1.29, 1.82) is 0 Å². The van der Waals surface area contributed by atoms with Crippen LogP contribution >= 0.6 is 0 Å². The van der Waals surface area contributed by atoms with Crippen LogP contribution in [0.1, 0.15) is 62.9 Å². The Morgan fingerprint density at radius 2 is 2.19 bits per heavy atom. The minimum Gasteiger partial charge on any atom is -0.441 e. The second-order valence-corrected chi connectivity index (χ2v) is 8.21. The zero-order valence-electron chi connectivity index (χ0n) is 16.1. The Morgan fingerprint density at radius 3 is 2.89 bits per heavy atom. The lowest BCUT2D eigenvalue weighted by Gasteiger charge is -2.31. The summed E-state index contributed by atoms with van der Waals surface area (Å²) in [6.45, 7) is 7.04. The second-order valence-electron chi connectivity index (χ2n) is 8.21. The Bertz CT molecular complexity index is 710. The fourth-order valence-corrected chi connectivity index (χ4v) is 4.32. The molecule has 8 nitrogen and oxygen atoms in total. The average Bonchev–Trinajstić information content (AvgIpc) is 3.35. The van der Waals surface area contributed by atoms with E-state index in [-0.39, 0.29) is 30.5 Å². The Labute approximate surface area is 159 Å². The Balaban J connectivity index is 1.42. The molecule has 3 fully saturated rings. The van der Waals surface area contributed by atoms with E-state index in [1.54, 1.807) is 4.90 Å². The summed E-state index contributed by atoms with van der Waals surface area (Å²) in [6, 6.07) is 1.88. The molecular weight excluding hydrogens is 348 g/mol. The number of carbonyl (C=O) groups excluding carboxylic acids is 2. The number of ether oxygens (including phenoxy) is 1. The van der Waals surface area contributed by atoms with Crippen LogP contribution in [-0.2, 0) is 9.53 Å². The largest absolute Gasteiger partial charge is 0.441 e. The van der Waals surface area contributed by atoms with Gasteiger partial charge in [0.25, 0.3) is 0 Å². The van der Waals surface area contributed by atoms with Gasteiger partial charge in [-0.2, -0.15) is 0 Å². The van der Waals surface area contributed by atoms with Crippen LogP contribution in [-0.4, -0.2) is 65.3 Å². The van der Waals surface area contributed by atoms with E-state index < -0.39 is 5.60 Å². The molecule has 0 aliphatic carbocycles. The molecular formula is C19H28N4O4. The first kappa shape index (κ1) is 18.3. The molecule has 8 heteroatoms. The normalized spacial score (nSPS) is 24.9. The van der Waals surface area contributed by atoms with E-state index in [0.29, 0.717) is 13.1 Å². The SMILES string of the molecule is CC(C)c1cc([C@@H]2CCCN2C(=O)CN2CC3(CCNCC3)OC2=O)no1. The molecule has 4 rings (SSSR count). The van der Waals surface area contributed by atoms with Crippen LogP contribution in [0.4, 0.5) is 4.79 Å². The molecule has 0 radical (unpaired) electrons. The highest BCUT2D eigenvalue weighted by Crippen LogP contribution is 2.34. The summed E-state index contributed by atoms with van der Waals surface area (Å²) in [7, 11) is 0. The van der Waals surface area contributed by atoms with Gasteiger partial charge in [-0.1, -0.05) is 19.0 Å². The lowest BCUT2D eigenvalue weighted by Crippen LogP contribution is -2.46. The van der Waals surface area contributed by atoms with E-state index in [2.05, 4.69) is 24.3 Å². The van der Waals surface area contributed by atoms with Gasteiger partial charge in [-0.05, 0) is 25.9 Å². The highest BCUT2D eigenvalue weighted by molar-refractivity contribution is 5.83. The third-order valence-corrected chi connectivity index (χ3v) is 5.91. The smallest absolute Gasteiger partial charge is 0.410 e. The molecule has 3 aliphatic rings. The predicted molar refractivity (Wildman–Crippen MR) is 97.2 cm³/mol. The second kappa shape index (κ2) is 7.14. The van der Waals surface area contributed by atoms with Gasteiger partial charge in [0, 0.05) is 31.4 Å². The Hall–Kier alpha value is -2.09. The standard InChI is InChI=1S/C19H28N4O4/c1-13(2)16-10-14(21-27-16)15-4-3-9-23(15)17(24)11-22-12-19(26-18(22)25)5-7-20-8-6-19/h10,13,15,20H,3-9,11-12H2,1-2H3/t15-/m0/s1. The quantitative estimate of drug-likeness (QED) is 0.865. The summed E-state index contributed by atoms with van der Waals surface area (Å²) in [5.41, 5.74) is 0.383. The molecule has 4 heterocycles. The van der Waals surface area contributed by atoms with Gasteiger partial charge < -0.3 is 19.5 Å². The van der Waals surface area contributed by atoms with Crippen molar-refractivity contribution in [2.45, 2.75) is 57.1 Å². The number of amides is 2. The molecule has 3 saturated heterocycles. The van der Waals surface area contributed by atoms with Crippen molar-refractivity contribution in [3.63, 3.8) is 0 Å². The maximum Gasteiger partial charge on any atom is 0.410 e. The molecule has 0 saturated carbocycles. The molecule has 1 N–H and O–H groups in total. The number of piperidine rings is 1. The molecule has 0 aromatic carbocycles. The summed E-state index contributed by atoms with van der Waals surface area (Å²) in [5, 5.41) is 7.47. The van der Waals surface area contributed by atoms with Gasteiger partial charge in [0.1, 0.15) is 23.6 Å². The molecule has 148 valence electrons. The fourth-order valence-electron chi connectivity index (χ4n) is 4.32. The van der Waals surface area contributed by atoms with Crippen molar-refractivity contribution in [1.82, 2.24) is 20.3 Å². The first-order valence-corrected chi connectivity index (χ1v) is 9.92. The van der Waals surface area contributed by atoms with Crippen LogP contribution in [0, 0.1) is 0 Å². The molecule has 27 heavy (non-hydrogen) atoms. The lowest BCUT2D eigenvalue weighted by molar-refractivity contribution is -0.132. The summed E-state index contributed by atoms with van der Waals surface area (Å²) in [6.07, 6.45) is 3.03. The molecule has 3 aliphatic heterocycles. The number of aromatic nitrogens is 1. The molecule has 0 bridgehead atoms. The Kier molecular flexibility index (Phi) is 4.84. The van der Waals surface area contributed by atoms with E-state index in [9.17, 15) is 9.59 Å². The van der Waals surface area contributed by atoms with Gasteiger partial charge in [0.2, 0.25) is 5.91 Å². The third kappa shape index (κ3) is 3.54. The van der Waals surface area contributed by atoms with Crippen LogP contribution in [0.2, 0.25) is 0 Å². The lowest BCUT2D eigenvalue weighted by atomic mass is 9.92. The van der Waals surface area contributed by atoms with Crippen molar-refractivity contribution in [2.24, 2.45) is 0 Å². The highest BCUT2D eigenvalue weighted by atomic mass is 16.6. The minimum atomic E-state index is -0.425. The molecule has 2 amide bonds. The van der Waals surface area contributed by atoms with Gasteiger partial charge in [0.15, 0.2) is 0 Å². The first-order valence-electron chi connectivity index (χ1n) is 9.92. The summed E-state index contributed by atoms with van der Waals surface area (Å²) < 4.78 is 11.1. The van der Waals surface area contributed by atoms with Crippen LogP contribution in [0.15, 0.2) is 10.6 Å². The van der Waals surface area contributed by atoms with E-state index in [1.165, 1.54) is 0 Å². The summed E-state index contributed by atoms with van der Waals surface area (Å²) in [5.74, 6) is 1.05. The van der Waals surface area contributed by atoms with Crippen LogP contribution in [0.25, 0.3) is 0 Å². The topological polar surface area (TPSA) is 87.9 Å². The minimum absolute atomic E-state index is 0.0467. The number of rotatable bonds is 4. The van der Waals surface area contributed by atoms with Gasteiger partial charge in [-0.25, -0.2) is 4.79 Å². The highest BCUT2D eigenvalue weighted by Gasteiger charge is 2.46. The van der Waals surface area contributed by atoms with E-state index in [4.69, 9.17) is 9.26 Å². The van der Waals surface area contributed by atoms with Gasteiger partial charge in [-0.15, -0.1) is 0 Å². The monoisotopic (exact) mass is 376 g/mol. The van der Waals surface area contributed by atoms with Crippen molar-refractivity contribution < 1.29 is 18.8 Å². The number of nitrogens with zero attached hydrogens (tertiary/aromatic N) is 3. The molecule has 1 aromatic rings. The molecule has 1 aromatic heterocycles. The molecule has 1 atom stereocenters. The van der Waals surface area contributed by atoms with Crippen molar-refractivity contribution in [3.05, 3.63) is 17.5 Å². The van der Waals surface area contributed by atoms with E-state index in [1.807, 2.05) is 11.0 Å². The average molecular weight is 376 g/mol. The van der Waals surface area contributed by atoms with E-state index >= 15 is 0 Å². The van der Waals surface area contributed by atoms with Crippen molar-refractivity contribution in [2.75, 3.05) is 32.7 Å². The van der Waals surface area contributed by atoms with E-state index in [0.717, 1.165) is 50.2 Å². The van der Waals surface area contributed by atoms with Gasteiger partial charge >= 0.3 is 6.09 Å². The zero-order valence-corrected chi connectivity index (χ0v) is 16.1. The van der Waals surface area contributed by atoms with Gasteiger partial charge in [0.05, 0.1) is 12.6 Å². The Morgan fingerprint density at radius 1 is 1.41 bits per heavy atom. The number of hydrogen-bond donors (Lipinski definition) is 1. The number of hydrogen-bond acceptors (Lipinski definition) is 6. The maximum absolute atomic E-state index is 12.9. The van der Waals surface area contributed by atoms with Gasteiger partial charge in [-0.3, -0.25) is 9.69 Å². The summed E-state index contributed by atoms with van der Waals surface area (Å²) in [4.78, 5) is 28.7. The van der Waals surface area contributed by atoms with Crippen molar-refractivity contribution in [3.8, 4) is 0 Å². The first-order chi connectivity index (χ1) is 13.0. The van der Waals surface area contributed by atoms with Crippen LogP contribution in [0.5, 0.6) is 0 Å².